The van der Waals surface area contributed by atoms with Gasteiger partial charge in [-0.1, -0.05) is 237 Å². The topological polar surface area (TPSA) is 12.4 Å². The van der Waals surface area contributed by atoms with Crippen LogP contribution in [0, 0.1) is 0 Å². The molecule has 0 amide bonds. The Labute approximate surface area is 377 Å². The summed E-state index contributed by atoms with van der Waals surface area (Å²) in [6, 6.07) is 86.3. The number of hydrogen-bond donors (Lipinski definition) is 0. The molecule has 64 heavy (non-hydrogen) atoms. The lowest BCUT2D eigenvalue weighted by molar-refractivity contribution is 0.768. The van der Waals surface area contributed by atoms with E-state index in [2.05, 4.69) is 250 Å². The molecular formula is C63H47N. The third-order valence-corrected chi connectivity index (χ3v) is 13.3. The number of aliphatic imine (C=N–C) groups is 1. The van der Waals surface area contributed by atoms with Crippen LogP contribution in [-0.2, 0) is 5.41 Å². The van der Waals surface area contributed by atoms with Gasteiger partial charge in [0.25, 0.3) is 0 Å². The van der Waals surface area contributed by atoms with Gasteiger partial charge in [-0.25, -0.2) is 0 Å². The first-order chi connectivity index (χ1) is 31.7. The minimum absolute atomic E-state index is 0.447. The number of fused-ring (bicyclic) bond motifs is 3. The molecule has 1 aliphatic carbocycles. The van der Waals surface area contributed by atoms with Crippen molar-refractivity contribution < 1.29 is 0 Å². The summed E-state index contributed by atoms with van der Waals surface area (Å²) in [7, 11) is 0. The first kappa shape index (κ1) is 39.0. The SMILES string of the molecule is CC1=C(c2ccccc2)/N=C(/c2cccc(-c3cccc4c3-c3ccccc3C4(c3ccccc3)c3ccccc3)c2)CC/C=C\1c1ccc(-c2ccc(-c3ccccc3)cc2)cc1. The first-order valence-electron chi connectivity index (χ1n) is 22.4. The van der Waals surface area contributed by atoms with Crippen LogP contribution in [0.15, 0.2) is 253 Å². The predicted molar refractivity (Wildman–Crippen MR) is 269 cm³/mol. The van der Waals surface area contributed by atoms with Crippen molar-refractivity contribution in [3.63, 3.8) is 0 Å². The van der Waals surface area contributed by atoms with Gasteiger partial charge in [0, 0.05) is 11.3 Å². The number of rotatable bonds is 8. The van der Waals surface area contributed by atoms with Gasteiger partial charge >= 0.3 is 0 Å². The molecule has 11 rings (SSSR count). The molecule has 0 saturated carbocycles. The molecule has 9 aromatic carbocycles. The average Bonchev–Trinajstić information content (AvgIpc) is 3.68. The molecule has 1 nitrogen and oxygen atoms in total. The van der Waals surface area contributed by atoms with Crippen molar-refractivity contribution in [2.45, 2.75) is 25.2 Å². The van der Waals surface area contributed by atoms with Crippen molar-refractivity contribution in [2.75, 3.05) is 0 Å². The highest BCUT2D eigenvalue weighted by Crippen LogP contribution is 2.58. The zero-order chi connectivity index (χ0) is 42.9. The third-order valence-electron chi connectivity index (χ3n) is 13.3. The summed E-state index contributed by atoms with van der Waals surface area (Å²) in [6.45, 7) is 2.24. The van der Waals surface area contributed by atoms with E-state index in [0.717, 1.165) is 35.4 Å². The van der Waals surface area contributed by atoms with E-state index < -0.39 is 5.41 Å². The van der Waals surface area contributed by atoms with Gasteiger partial charge in [0.1, 0.15) is 0 Å². The predicted octanol–water partition coefficient (Wildman–Crippen LogP) is 16.1. The zero-order valence-corrected chi connectivity index (χ0v) is 36.0. The van der Waals surface area contributed by atoms with Crippen molar-refractivity contribution >= 4 is 17.0 Å². The molecule has 9 aromatic rings. The van der Waals surface area contributed by atoms with E-state index in [1.165, 1.54) is 83.5 Å². The number of nitrogens with zero attached hydrogens (tertiary/aromatic N) is 1. The van der Waals surface area contributed by atoms with Crippen molar-refractivity contribution in [2.24, 2.45) is 4.99 Å². The Bertz CT molecular complexity index is 3170. The molecule has 304 valence electrons. The fraction of sp³-hybridized carbons (Fsp3) is 0.0635. The highest BCUT2D eigenvalue weighted by molar-refractivity contribution is 6.07. The summed E-state index contributed by atoms with van der Waals surface area (Å²) < 4.78 is 0. The maximum atomic E-state index is 5.63. The molecule has 0 bridgehead atoms. The molecule has 0 spiro atoms. The molecule has 0 N–H and O–H groups in total. The largest absolute Gasteiger partial charge is 0.252 e. The Kier molecular flexibility index (Phi) is 10.2. The van der Waals surface area contributed by atoms with E-state index in [1.807, 2.05) is 0 Å². The Hall–Kier alpha value is -7.87. The van der Waals surface area contributed by atoms with Gasteiger partial charge in [0.2, 0.25) is 0 Å². The number of allylic oxidation sites excluding steroid dienone is 3. The van der Waals surface area contributed by atoms with Crippen LogP contribution in [-0.4, -0.2) is 5.71 Å². The summed E-state index contributed by atoms with van der Waals surface area (Å²) in [5, 5.41) is 0. The van der Waals surface area contributed by atoms with Crippen molar-refractivity contribution in [1.82, 2.24) is 0 Å². The van der Waals surface area contributed by atoms with E-state index >= 15 is 0 Å². The molecule has 1 aliphatic heterocycles. The van der Waals surface area contributed by atoms with Crippen LogP contribution < -0.4 is 0 Å². The molecular weight excluding hydrogens is 771 g/mol. The summed E-state index contributed by atoms with van der Waals surface area (Å²) >= 11 is 0. The normalized spacial score (nSPS) is 16.9. The standard InChI is InChI=1S/C63H47N/c1-44-55(49-41-39-48(40-42-49)47-37-35-46(36-38-47)45-19-6-2-7-20-45)30-18-34-60(64-62(44)50-21-8-3-9-22-50)52-24-16-23-51(43-52)56-31-17-33-59-61(56)57-29-14-15-32-58(57)63(59,53-25-10-4-11-26-53)54-27-12-5-13-28-54/h2-17,19-33,35-43H,18,34H2,1H3/b55-30+,62-44-,64-60+. The van der Waals surface area contributed by atoms with Gasteiger partial charge in [-0.05, 0) is 115 Å². The molecule has 0 aromatic heterocycles. The second kappa shape index (κ2) is 16.8. The summed E-state index contributed by atoms with van der Waals surface area (Å²) in [4.78, 5) is 5.63. The van der Waals surface area contributed by atoms with E-state index in [0.29, 0.717) is 0 Å². The quantitative estimate of drug-likeness (QED) is 0.145. The summed E-state index contributed by atoms with van der Waals surface area (Å²) in [6.07, 6.45) is 4.13. The van der Waals surface area contributed by atoms with Crippen LogP contribution in [0.2, 0.25) is 0 Å². The second-order valence-electron chi connectivity index (χ2n) is 16.9. The lowest BCUT2D eigenvalue weighted by Crippen LogP contribution is -2.28. The van der Waals surface area contributed by atoms with E-state index in [-0.39, 0.29) is 0 Å². The fourth-order valence-electron chi connectivity index (χ4n) is 10.3. The van der Waals surface area contributed by atoms with Crippen LogP contribution in [0.5, 0.6) is 0 Å². The van der Waals surface area contributed by atoms with Gasteiger partial charge in [-0.3, -0.25) is 4.99 Å². The zero-order valence-electron chi connectivity index (χ0n) is 36.0. The first-order valence-corrected chi connectivity index (χ1v) is 22.4. The van der Waals surface area contributed by atoms with Crippen LogP contribution in [0.1, 0.15) is 58.7 Å². The molecule has 0 radical (unpaired) electrons. The maximum Gasteiger partial charge on any atom is 0.0740 e. The van der Waals surface area contributed by atoms with Crippen LogP contribution in [0.25, 0.3) is 55.8 Å². The molecule has 0 unspecified atom stereocenters. The molecule has 2 aliphatic rings. The third kappa shape index (κ3) is 6.87. The average molecular weight is 818 g/mol. The fourth-order valence-corrected chi connectivity index (χ4v) is 10.3. The number of hydrogen-bond acceptors (Lipinski definition) is 1. The Balaban J connectivity index is 0.979. The van der Waals surface area contributed by atoms with Gasteiger partial charge in [0.15, 0.2) is 0 Å². The molecule has 0 saturated heterocycles. The minimum Gasteiger partial charge on any atom is -0.252 e. The van der Waals surface area contributed by atoms with Gasteiger partial charge in [-0.2, -0.15) is 0 Å². The Morgan fingerprint density at radius 3 is 1.45 bits per heavy atom. The lowest BCUT2D eigenvalue weighted by Gasteiger charge is -2.34. The van der Waals surface area contributed by atoms with E-state index in [1.54, 1.807) is 0 Å². The summed E-state index contributed by atoms with van der Waals surface area (Å²) in [5.41, 5.74) is 22.6. The number of benzene rings is 9. The van der Waals surface area contributed by atoms with Gasteiger partial charge in [0.05, 0.1) is 11.1 Å². The summed E-state index contributed by atoms with van der Waals surface area (Å²) in [5.74, 6) is 0. The van der Waals surface area contributed by atoms with Crippen LogP contribution in [0.4, 0.5) is 0 Å². The molecule has 1 heterocycles. The van der Waals surface area contributed by atoms with E-state index in [9.17, 15) is 0 Å². The highest BCUT2D eigenvalue weighted by atomic mass is 14.8. The smallest absolute Gasteiger partial charge is 0.0740 e. The maximum absolute atomic E-state index is 5.63. The van der Waals surface area contributed by atoms with E-state index in [4.69, 9.17) is 4.99 Å². The molecule has 1 heteroatoms. The molecule has 0 fully saturated rings. The van der Waals surface area contributed by atoms with Gasteiger partial charge < -0.3 is 0 Å². The monoisotopic (exact) mass is 817 g/mol. The Morgan fingerprint density at radius 1 is 0.375 bits per heavy atom. The molecule has 0 atom stereocenters. The van der Waals surface area contributed by atoms with Crippen LogP contribution >= 0.6 is 0 Å². The van der Waals surface area contributed by atoms with Crippen molar-refractivity contribution in [1.29, 1.82) is 0 Å². The van der Waals surface area contributed by atoms with Crippen molar-refractivity contribution in [3.05, 3.63) is 287 Å². The van der Waals surface area contributed by atoms with Crippen molar-refractivity contribution in [3.8, 4) is 44.5 Å². The highest BCUT2D eigenvalue weighted by Gasteiger charge is 2.46. The van der Waals surface area contributed by atoms with Crippen LogP contribution in [0.3, 0.4) is 0 Å². The second-order valence-corrected chi connectivity index (χ2v) is 16.9. The Morgan fingerprint density at radius 2 is 0.828 bits per heavy atom. The van der Waals surface area contributed by atoms with Gasteiger partial charge in [-0.15, -0.1) is 0 Å². The lowest BCUT2D eigenvalue weighted by atomic mass is 9.67. The minimum atomic E-state index is -0.447.